The predicted molar refractivity (Wildman–Crippen MR) is 72.9 cm³/mol. The third kappa shape index (κ3) is 1.25. The molecule has 0 radical (unpaired) electrons. The summed E-state index contributed by atoms with van der Waals surface area (Å²) in [5.41, 5.74) is 2.95. The van der Waals surface area contributed by atoms with E-state index in [0.717, 1.165) is 0 Å². The number of carbonyl (C=O) groups is 1. The highest BCUT2D eigenvalue weighted by molar-refractivity contribution is 5.82. The van der Waals surface area contributed by atoms with Crippen molar-refractivity contribution in [3.8, 4) is 0 Å². The second-order valence-electron chi connectivity index (χ2n) is 7.08. The molecule has 0 aromatic heterocycles. The molecule has 0 N–H and O–H groups in total. The van der Waals surface area contributed by atoms with Crippen molar-refractivity contribution in [2.24, 2.45) is 11.3 Å². The molecule has 0 spiro atoms. The smallest absolute Gasteiger partial charge is 0.313 e. The van der Waals surface area contributed by atoms with E-state index in [2.05, 4.69) is 38.1 Å². The average molecular weight is 256 g/mol. The monoisotopic (exact) mass is 256 g/mol. The van der Waals surface area contributed by atoms with Crippen molar-refractivity contribution in [2.45, 2.75) is 44.4 Å². The van der Waals surface area contributed by atoms with E-state index in [4.69, 9.17) is 4.74 Å². The van der Waals surface area contributed by atoms with Gasteiger partial charge < -0.3 is 4.74 Å². The van der Waals surface area contributed by atoms with Crippen LogP contribution in [0.3, 0.4) is 0 Å². The Morgan fingerprint density at radius 2 is 2.00 bits per heavy atom. The van der Waals surface area contributed by atoms with Crippen LogP contribution < -0.4 is 0 Å². The van der Waals surface area contributed by atoms with Gasteiger partial charge in [0.1, 0.15) is 0 Å². The minimum Gasteiger partial charge on any atom is -0.465 e. The van der Waals surface area contributed by atoms with E-state index in [9.17, 15) is 4.79 Å². The van der Waals surface area contributed by atoms with Gasteiger partial charge in [0.05, 0.1) is 12.5 Å². The van der Waals surface area contributed by atoms with Gasteiger partial charge in [-0.15, -0.1) is 0 Å². The largest absolute Gasteiger partial charge is 0.465 e. The second kappa shape index (κ2) is 3.41. The zero-order valence-electron chi connectivity index (χ0n) is 11.6. The first-order valence-electron chi connectivity index (χ1n) is 7.32. The molecule has 4 unspecified atom stereocenters. The lowest BCUT2D eigenvalue weighted by Gasteiger charge is -2.52. The van der Waals surface area contributed by atoms with Gasteiger partial charge in [-0.25, -0.2) is 0 Å². The SMILES string of the molecule is CC12CCCC3(C)c4ccccc4C(C(=O)OC1)C23. The first-order valence-corrected chi connectivity index (χ1v) is 7.32. The van der Waals surface area contributed by atoms with Gasteiger partial charge in [-0.05, 0) is 35.3 Å². The molecule has 0 amide bonds. The summed E-state index contributed by atoms with van der Waals surface area (Å²) < 4.78 is 5.54. The predicted octanol–water partition coefficient (Wildman–Crippen LogP) is 3.40. The quantitative estimate of drug-likeness (QED) is 0.665. The molecular formula is C17H20O2. The van der Waals surface area contributed by atoms with Crippen LogP contribution in [0.5, 0.6) is 0 Å². The van der Waals surface area contributed by atoms with Crippen LogP contribution in [-0.2, 0) is 14.9 Å². The van der Waals surface area contributed by atoms with Crippen LogP contribution in [0.1, 0.15) is 50.2 Å². The van der Waals surface area contributed by atoms with E-state index in [-0.39, 0.29) is 22.7 Å². The average Bonchev–Trinajstić information content (AvgIpc) is 2.67. The zero-order chi connectivity index (χ0) is 13.3. The summed E-state index contributed by atoms with van der Waals surface area (Å²) >= 11 is 0. The maximum Gasteiger partial charge on any atom is 0.313 e. The minimum atomic E-state index is -0.0275. The van der Waals surface area contributed by atoms with E-state index in [0.29, 0.717) is 12.5 Å². The van der Waals surface area contributed by atoms with Gasteiger partial charge in [0.2, 0.25) is 0 Å². The fourth-order valence-electron chi connectivity index (χ4n) is 5.23. The van der Waals surface area contributed by atoms with Crippen molar-refractivity contribution in [3.05, 3.63) is 35.4 Å². The van der Waals surface area contributed by atoms with Gasteiger partial charge in [0.25, 0.3) is 0 Å². The molecule has 100 valence electrons. The number of ether oxygens (including phenoxy) is 1. The Kier molecular flexibility index (Phi) is 2.07. The van der Waals surface area contributed by atoms with Gasteiger partial charge in [-0.2, -0.15) is 0 Å². The Morgan fingerprint density at radius 3 is 2.84 bits per heavy atom. The Balaban J connectivity index is 1.98. The molecule has 19 heavy (non-hydrogen) atoms. The van der Waals surface area contributed by atoms with E-state index in [1.54, 1.807) is 0 Å². The molecule has 4 rings (SSSR count). The number of fused-ring (bicyclic) bond motifs is 3. The molecule has 2 nitrogen and oxygen atoms in total. The molecule has 3 aliphatic rings. The molecule has 1 aliphatic heterocycles. The van der Waals surface area contributed by atoms with Crippen LogP contribution >= 0.6 is 0 Å². The third-order valence-electron chi connectivity index (χ3n) is 5.92. The normalized spacial score (nSPS) is 43.4. The first-order chi connectivity index (χ1) is 9.06. The molecule has 1 saturated carbocycles. The van der Waals surface area contributed by atoms with Gasteiger partial charge in [-0.1, -0.05) is 44.5 Å². The number of hydrogen-bond donors (Lipinski definition) is 0. The molecule has 0 bridgehead atoms. The first kappa shape index (κ1) is 11.5. The maximum atomic E-state index is 12.3. The van der Waals surface area contributed by atoms with Gasteiger partial charge in [0, 0.05) is 5.41 Å². The van der Waals surface area contributed by atoms with Crippen molar-refractivity contribution < 1.29 is 9.53 Å². The van der Waals surface area contributed by atoms with Gasteiger partial charge in [-0.3, -0.25) is 4.79 Å². The molecule has 1 aromatic carbocycles. The fraction of sp³-hybridized carbons (Fsp3) is 0.588. The number of rotatable bonds is 0. The molecule has 1 aromatic rings. The van der Waals surface area contributed by atoms with Crippen LogP contribution in [-0.4, -0.2) is 12.6 Å². The minimum absolute atomic E-state index is 0.000509. The molecule has 2 aliphatic carbocycles. The van der Waals surface area contributed by atoms with Crippen molar-refractivity contribution in [1.82, 2.24) is 0 Å². The Bertz CT molecular complexity index is 564. The lowest BCUT2D eigenvalue weighted by atomic mass is 9.53. The summed E-state index contributed by atoms with van der Waals surface area (Å²) in [5, 5.41) is 0. The lowest BCUT2D eigenvalue weighted by molar-refractivity contribution is -0.169. The van der Waals surface area contributed by atoms with E-state index >= 15 is 0 Å². The number of hydrogen-bond acceptors (Lipinski definition) is 2. The Morgan fingerprint density at radius 1 is 1.21 bits per heavy atom. The van der Waals surface area contributed by atoms with E-state index in [1.165, 1.54) is 30.4 Å². The van der Waals surface area contributed by atoms with Crippen molar-refractivity contribution in [3.63, 3.8) is 0 Å². The molecule has 1 saturated heterocycles. The van der Waals surface area contributed by atoms with Crippen LogP contribution in [0.25, 0.3) is 0 Å². The Hall–Kier alpha value is -1.31. The highest BCUT2D eigenvalue weighted by Crippen LogP contribution is 2.64. The maximum absolute atomic E-state index is 12.3. The summed E-state index contributed by atoms with van der Waals surface area (Å²) in [4.78, 5) is 12.3. The van der Waals surface area contributed by atoms with Crippen molar-refractivity contribution >= 4 is 5.97 Å². The molecule has 2 fully saturated rings. The number of esters is 1. The topological polar surface area (TPSA) is 26.3 Å². The van der Waals surface area contributed by atoms with Gasteiger partial charge in [0.15, 0.2) is 0 Å². The summed E-state index contributed by atoms with van der Waals surface area (Å²) in [6.07, 6.45) is 3.63. The number of carbonyl (C=O) groups excluding carboxylic acids is 1. The summed E-state index contributed by atoms with van der Waals surface area (Å²) in [7, 11) is 0. The summed E-state index contributed by atoms with van der Waals surface area (Å²) in [5.74, 6) is 0.396. The standard InChI is InChI=1S/C17H20O2/c1-16-8-5-9-17(2)12-7-4-3-6-11(12)13(14(16)17)15(18)19-10-16/h3-4,6-7,13-14H,5,8-10H2,1-2H3. The summed E-state index contributed by atoms with van der Waals surface area (Å²) in [6, 6.07) is 8.53. The van der Waals surface area contributed by atoms with Crippen LogP contribution in [0, 0.1) is 11.3 Å². The summed E-state index contributed by atoms with van der Waals surface area (Å²) in [6.45, 7) is 5.30. The van der Waals surface area contributed by atoms with Gasteiger partial charge >= 0.3 is 5.97 Å². The fourth-order valence-corrected chi connectivity index (χ4v) is 5.23. The van der Waals surface area contributed by atoms with E-state index in [1.807, 2.05) is 0 Å². The number of cyclic esters (lactones) is 1. The van der Waals surface area contributed by atoms with Crippen LogP contribution in [0.15, 0.2) is 24.3 Å². The van der Waals surface area contributed by atoms with Crippen molar-refractivity contribution in [2.75, 3.05) is 6.61 Å². The molecule has 2 heteroatoms. The molecule has 1 heterocycles. The van der Waals surface area contributed by atoms with Crippen LogP contribution in [0.2, 0.25) is 0 Å². The van der Waals surface area contributed by atoms with E-state index < -0.39 is 0 Å². The highest BCUT2D eigenvalue weighted by Gasteiger charge is 2.62. The zero-order valence-corrected chi connectivity index (χ0v) is 11.6. The molecule has 4 atom stereocenters. The van der Waals surface area contributed by atoms with Crippen molar-refractivity contribution in [1.29, 1.82) is 0 Å². The Labute approximate surface area is 114 Å². The third-order valence-corrected chi connectivity index (χ3v) is 5.92. The lowest BCUT2D eigenvalue weighted by Crippen LogP contribution is -2.52. The number of benzene rings is 1. The second-order valence-corrected chi connectivity index (χ2v) is 7.08. The molecular weight excluding hydrogens is 236 g/mol. The van der Waals surface area contributed by atoms with Crippen LogP contribution in [0.4, 0.5) is 0 Å². The highest BCUT2D eigenvalue weighted by atomic mass is 16.5.